The zero-order valence-corrected chi connectivity index (χ0v) is 16.4. The lowest BCUT2D eigenvalue weighted by molar-refractivity contribution is -0.385. The first-order valence-corrected chi connectivity index (χ1v) is 9.41. The molecule has 29 heavy (non-hydrogen) atoms. The van der Waals surface area contributed by atoms with E-state index in [4.69, 9.17) is 4.74 Å². The average molecular weight is 401 g/mol. The molecular formula is C19H23N5O5. The Hall–Kier alpha value is -2.98. The van der Waals surface area contributed by atoms with Crippen LogP contribution in [0.3, 0.4) is 0 Å². The molecule has 10 heteroatoms. The molecule has 3 rings (SSSR count). The number of morpholine rings is 1. The molecule has 1 fully saturated rings. The predicted molar refractivity (Wildman–Crippen MR) is 105 cm³/mol. The van der Waals surface area contributed by atoms with Crippen LogP contribution in [0.2, 0.25) is 0 Å². The summed E-state index contributed by atoms with van der Waals surface area (Å²) < 4.78 is 5.45. The summed E-state index contributed by atoms with van der Waals surface area (Å²) >= 11 is 0. The summed E-state index contributed by atoms with van der Waals surface area (Å²) in [6.45, 7) is 6.00. The summed E-state index contributed by atoms with van der Waals surface area (Å²) in [7, 11) is 0. The van der Waals surface area contributed by atoms with Crippen molar-refractivity contribution in [1.29, 1.82) is 0 Å². The van der Waals surface area contributed by atoms with Crippen molar-refractivity contribution in [2.24, 2.45) is 0 Å². The van der Waals surface area contributed by atoms with E-state index in [1.165, 1.54) is 12.1 Å². The van der Waals surface area contributed by atoms with Gasteiger partial charge in [-0.1, -0.05) is 0 Å². The Bertz CT molecular complexity index is 914. The standard InChI is InChI=1S/C19H23N5O5/c1-13-17(23(25)26)6-3-15(20-13)4-7-19(22-9-11-29-12-10-22)16-5-8-18(24(27)28)14(2)21-16/h3,5-6,8,19H,4,7,9-12H2,1-2H3. The molecule has 1 unspecified atom stereocenters. The predicted octanol–water partition coefficient (Wildman–Crippen LogP) is 2.92. The minimum absolute atomic E-state index is 0.00198. The maximum Gasteiger partial charge on any atom is 0.290 e. The van der Waals surface area contributed by atoms with E-state index in [9.17, 15) is 20.2 Å². The summed E-state index contributed by atoms with van der Waals surface area (Å²) in [4.78, 5) is 32.4. The second-order valence-electron chi connectivity index (χ2n) is 6.96. The Balaban J connectivity index is 1.83. The van der Waals surface area contributed by atoms with Gasteiger partial charge < -0.3 is 4.74 Å². The molecular weight excluding hydrogens is 378 g/mol. The molecule has 154 valence electrons. The molecule has 1 aliphatic heterocycles. The smallest absolute Gasteiger partial charge is 0.290 e. The van der Waals surface area contributed by atoms with E-state index in [2.05, 4.69) is 14.9 Å². The summed E-state index contributed by atoms with van der Waals surface area (Å²) in [5.41, 5.74) is 2.32. The highest BCUT2D eigenvalue weighted by Crippen LogP contribution is 2.28. The normalized spacial score (nSPS) is 15.8. The third kappa shape index (κ3) is 4.90. The number of aromatic nitrogens is 2. The van der Waals surface area contributed by atoms with Gasteiger partial charge in [0.05, 0.1) is 34.8 Å². The molecule has 0 aromatic carbocycles. The lowest BCUT2D eigenvalue weighted by Crippen LogP contribution is -2.39. The molecule has 1 aliphatic rings. The van der Waals surface area contributed by atoms with Gasteiger partial charge in [-0.25, -0.2) is 4.98 Å². The van der Waals surface area contributed by atoms with Crippen LogP contribution in [-0.4, -0.2) is 51.0 Å². The van der Waals surface area contributed by atoms with Crippen LogP contribution in [0.5, 0.6) is 0 Å². The molecule has 0 bridgehead atoms. The van der Waals surface area contributed by atoms with Gasteiger partial charge in [0.15, 0.2) is 0 Å². The largest absolute Gasteiger partial charge is 0.379 e. The van der Waals surface area contributed by atoms with Gasteiger partial charge in [-0.3, -0.25) is 30.1 Å². The average Bonchev–Trinajstić information content (AvgIpc) is 2.68. The van der Waals surface area contributed by atoms with Crippen LogP contribution < -0.4 is 0 Å². The number of nitrogens with zero attached hydrogens (tertiary/aromatic N) is 5. The SMILES string of the molecule is Cc1nc(CCC(c2ccc([N+](=O)[O-])c(C)n2)N2CCOCC2)ccc1[N+](=O)[O-]. The van der Waals surface area contributed by atoms with Gasteiger partial charge in [0.25, 0.3) is 11.4 Å². The molecule has 2 aromatic heterocycles. The molecule has 0 aliphatic carbocycles. The zero-order chi connectivity index (χ0) is 21.0. The van der Waals surface area contributed by atoms with E-state index < -0.39 is 9.85 Å². The van der Waals surface area contributed by atoms with Gasteiger partial charge >= 0.3 is 0 Å². The van der Waals surface area contributed by atoms with Crippen LogP contribution in [-0.2, 0) is 11.2 Å². The molecule has 0 N–H and O–H groups in total. The number of hydrogen-bond donors (Lipinski definition) is 0. The second-order valence-corrected chi connectivity index (χ2v) is 6.96. The van der Waals surface area contributed by atoms with E-state index in [1.54, 1.807) is 26.0 Å². The quantitative estimate of drug-likeness (QED) is 0.512. The molecule has 10 nitrogen and oxygen atoms in total. The van der Waals surface area contributed by atoms with Gasteiger partial charge in [-0.2, -0.15) is 0 Å². The van der Waals surface area contributed by atoms with Crippen LogP contribution >= 0.6 is 0 Å². The van der Waals surface area contributed by atoms with E-state index in [-0.39, 0.29) is 17.4 Å². The second kappa shape index (κ2) is 9.01. The Kier molecular flexibility index (Phi) is 6.45. The van der Waals surface area contributed by atoms with Gasteiger partial charge in [-0.15, -0.1) is 0 Å². The number of hydrogen-bond acceptors (Lipinski definition) is 8. The van der Waals surface area contributed by atoms with Crippen molar-refractivity contribution in [3.05, 3.63) is 67.3 Å². The third-order valence-corrected chi connectivity index (χ3v) is 5.09. The number of pyridine rings is 2. The molecule has 0 spiro atoms. The van der Waals surface area contributed by atoms with Crippen molar-refractivity contribution >= 4 is 11.4 Å². The van der Waals surface area contributed by atoms with Gasteiger partial charge in [0, 0.05) is 30.9 Å². The first kappa shape index (κ1) is 20.7. The van der Waals surface area contributed by atoms with E-state index >= 15 is 0 Å². The zero-order valence-electron chi connectivity index (χ0n) is 16.4. The van der Waals surface area contributed by atoms with Crippen LogP contribution in [0, 0.1) is 34.1 Å². The van der Waals surface area contributed by atoms with Crippen molar-refractivity contribution in [2.45, 2.75) is 32.7 Å². The minimum Gasteiger partial charge on any atom is -0.379 e. The minimum atomic E-state index is -0.438. The molecule has 1 atom stereocenters. The molecule has 1 saturated heterocycles. The number of aryl methyl sites for hydroxylation is 3. The van der Waals surface area contributed by atoms with Crippen LogP contribution in [0.15, 0.2) is 24.3 Å². The highest BCUT2D eigenvalue weighted by Gasteiger charge is 2.25. The van der Waals surface area contributed by atoms with E-state index in [0.29, 0.717) is 37.4 Å². The van der Waals surface area contributed by atoms with Crippen LogP contribution in [0.25, 0.3) is 0 Å². The third-order valence-electron chi connectivity index (χ3n) is 5.09. The molecule has 0 radical (unpaired) electrons. The fourth-order valence-corrected chi connectivity index (χ4v) is 3.58. The summed E-state index contributed by atoms with van der Waals surface area (Å²) in [6, 6.07) is 6.32. The van der Waals surface area contributed by atoms with Crippen molar-refractivity contribution in [3.63, 3.8) is 0 Å². The maximum absolute atomic E-state index is 11.1. The topological polar surface area (TPSA) is 125 Å². The number of nitro groups is 2. The number of ether oxygens (including phenoxy) is 1. The fraction of sp³-hybridized carbons (Fsp3) is 0.474. The molecule has 2 aromatic rings. The van der Waals surface area contributed by atoms with Gasteiger partial charge in [0.2, 0.25) is 0 Å². The highest BCUT2D eigenvalue weighted by molar-refractivity contribution is 5.36. The Morgan fingerprint density at radius 3 is 2.14 bits per heavy atom. The van der Waals surface area contributed by atoms with Crippen molar-refractivity contribution in [1.82, 2.24) is 14.9 Å². The summed E-state index contributed by atoms with van der Waals surface area (Å²) in [5, 5.41) is 22.1. The first-order chi connectivity index (χ1) is 13.9. The lowest BCUT2D eigenvalue weighted by Gasteiger charge is -2.34. The van der Waals surface area contributed by atoms with Crippen LogP contribution in [0.1, 0.15) is 35.2 Å². The monoisotopic (exact) mass is 401 g/mol. The number of rotatable bonds is 7. The van der Waals surface area contributed by atoms with Crippen LogP contribution in [0.4, 0.5) is 11.4 Å². The highest BCUT2D eigenvalue weighted by atomic mass is 16.6. The Morgan fingerprint density at radius 1 is 1.00 bits per heavy atom. The Morgan fingerprint density at radius 2 is 1.59 bits per heavy atom. The van der Waals surface area contributed by atoms with Crippen molar-refractivity contribution < 1.29 is 14.6 Å². The first-order valence-electron chi connectivity index (χ1n) is 9.41. The van der Waals surface area contributed by atoms with E-state index in [0.717, 1.165) is 24.5 Å². The molecule has 3 heterocycles. The lowest BCUT2D eigenvalue weighted by atomic mass is 10.0. The van der Waals surface area contributed by atoms with Gasteiger partial charge in [-0.05, 0) is 38.8 Å². The molecule has 0 saturated carbocycles. The van der Waals surface area contributed by atoms with Gasteiger partial charge in [0.1, 0.15) is 11.4 Å². The Labute approximate surface area is 167 Å². The summed E-state index contributed by atoms with van der Waals surface area (Å²) in [5.74, 6) is 0. The summed E-state index contributed by atoms with van der Waals surface area (Å²) in [6.07, 6.45) is 1.30. The fourth-order valence-electron chi connectivity index (χ4n) is 3.58. The van der Waals surface area contributed by atoms with E-state index in [1.807, 2.05) is 0 Å². The van der Waals surface area contributed by atoms with Crippen molar-refractivity contribution in [3.8, 4) is 0 Å². The molecule has 0 amide bonds. The maximum atomic E-state index is 11.1. The van der Waals surface area contributed by atoms with Crippen molar-refractivity contribution in [2.75, 3.05) is 26.3 Å².